The van der Waals surface area contributed by atoms with Crippen LogP contribution in [0, 0.1) is 6.92 Å². The summed E-state index contributed by atoms with van der Waals surface area (Å²) in [5, 5.41) is 3.57. The lowest BCUT2D eigenvalue weighted by atomic mass is 10.1. The predicted molar refractivity (Wildman–Crippen MR) is 92.8 cm³/mol. The Morgan fingerprint density at radius 2 is 2.13 bits per heavy atom. The van der Waals surface area contributed by atoms with Crippen molar-refractivity contribution in [1.82, 2.24) is 9.38 Å². The number of anilines is 1. The van der Waals surface area contributed by atoms with Gasteiger partial charge in [-0.15, -0.1) is 0 Å². The quantitative estimate of drug-likeness (QED) is 0.794. The molecule has 0 bridgehead atoms. The fourth-order valence-corrected chi connectivity index (χ4v) is 3.13. The van der Waals surface area contributed by atoms with Crippen molar-refractivity contribution >= 4 is 11.5 Å². The highest BCUT2D eigenvalue weighted by Crippen LogP contribution is 2.29. The highest BCUT2D eigenvalue weighted by atomic mass is 16.5. The molecule has 2 aromatic heterocycles. The zero-order valence-corrected chi connectivity index (χ0v) is 13.3. The summed E-state index contributed by atoms with van der Waals surface area (Å²) in [6, 6.07) is 14.6. The van der Waals surface area contributed by atoms with Gasteiger partial charge in [0.2, 0.25) is 0 Å². The Bertz CT molecular complexity index is 804. The Morgan fingerprint density at radius 1 is 1.26 bits per heavy atom. The maximum atomic E-state index is 5.74. The lowest BCUT2D eigenvalue weighted by Crippen LogP contribution is -2.19. The van der Waals surface area contributed by atoms with E-state index in [0.29, 0.717) is 6.10 Å². The van der Waals surface area contributed by atoms with Gasteiger partial charge in [-0.05, 0) is 37.5 Å². The average molecular weight is 307 g/mol. The van der Waals surface area contributed by atoms with E-state index in [0.717, 1.165) is 48.7 Å². The van der Waals surface area contributed by atoms with Crippen LogP contribution < -0.4 is 5.32 Å². The van der Waals surface area contributed by atoms with Crippen molar-refractivity contribution in [3.63, 3.8) is 0 Å². The molecule has 1 aromatic carbocycles. The molecule has 23 heavy (non-hydrogen) atoms. The van der Waals surface area contributed by atoms with Gasteiger partial charge in [0.15, 0.2) is 0 Å². The molecule has 0 saturated carbocycles. The number of nitrogens with zero attached hydrogens (tertiary/aromatic N) is 2. The fraction of sp³-hybridized carbons (Fsp3) is 0.316. The van der Waals surface area contributed by atoms with Gasteiger partial charge in [-0.3, -0.25) is 4.40 Å². The topological polar surface area (TPSA) is 38.6 Å². The summed E-state index contributed by atoms with van der Waals surface area (Å²) in [4.78, 5) is 4.85. The molecule has 0 unspecified atom stereocenters. The van der Waals surface area contributed by atoms with Gasteiger partial charge < -0.3 is 10.1 Å². The monoisotopic (exact) mass is 307 g/mol. The Balaban J connectivity index is 1.75. The first-order valence-corrected chi connectivity index (χ1v) is 8.21. The number of pyridine rings is 1. The van der Waals surface area contributed by atoms with E-state index in [4.69, 9.17) is 9.72 Å². The first-order valence-electron chi connectivity index (χ1n) is 8.21. The van der Waals surface area contributed by atoms with Gasteiger partial charge in [-0.25, -0.2) is 4.98 Å². The van der Waals surface area contributed by atoms with Gasteiger partial charge in [0.1, 0.15) is 17.2 Å². The summed E-state index contributed by atoms with van der Waals surface area (Å²) in [7, 11) is 0. The molecule has 0 radical (unpaired) electrons. The lowest BCUT2D eigenvalue weighted by molar-refractivity contribution is 0.120. The van der Waals surface area contributed by atoms with Crippen LogP contribution in [0.15, 0.2) is 48.7 Å². The van der Waals surface area contributed by atoms with Crippen LogP contribution in [0.25, 0.3) is 16.9 Å². The molecule has 1 saturated heterocycles. The first-order chi connectivity index (χ1) is 11.3. The number of aromatic nitrogens is 2. The van der Waals surface area contributed by atoms with Crippen LogP contribution in [-0.4, -0.2) is 28.6 Å². The first kappa shape index (κ1) is 14.3. The summed E-state index contributed by atoms with van der Waals surface area (Å²) < 4.78 is 7.87. The molecule has 1 atom stereocenters. The molecule has 1 N–H and O–H groups in total. The molecule has 0 aliphatic carbocycles. The lowest BCUT2D eigenvalue weighted by Gasteiger charge is -2.13. The van der Waals surface area contributed by atoms with Crippen LogP contribution in [0.2, 0.25) is 0 Å². The summed E-state index contributed by atoms with van der Waals surface area (Å²) in [5.41, 5.74) is 4.31. The molecule has 4 heteroatoms. The number of aryl methyl sites for hydroxylation is 1. The van der Waals surface area contributed by atoms with Crippen LogP contribution in [0.1, 0.15) is 18.4 Å². The van der Waals surface area contributed by atoms with Crippen molar-refractivity contribution < 1.29 is 4.74 Å². The number of hydrogen-bond acceptors (Lipinski definition) is 3. The minimum atomic E-state index is 0.301. The fourth-order valence-electron chi connectivity index (χ4n) is 3.13. The number of nitrogens with one attached hydrogen (secondary N) is 1. The standard InChI is InChI=1S/C19H21N3O/c1-14-9-10-22-17(12-14)21-18(15-6-3-2-4-7-15)19(22)20-13-16-8-5-11-23-16/h2-4,6-7,9-10,12,16,20H,5,8,11,13H2,1H3/t16-/m1/s1. The molecular formula is C19H21N3O. The molecule has 118 valence electrons. The number of imidazole rings is 1. The number of fused-ring (bicyclic) bond motifs is 1. The predicted octanol–water partition coefficient (Wildman–Crippen LogP) is 3.90. The van der Waals surface area contributed by atoms with Crippen molar-refractivity contribution in [2.75, 3.05) is 18.5 Å². The van der Waals surface area contributed by atoms with E-state index in [1.54, 1.807) is 0 Å². The van der Waals surface area contributed by atoms with Gasteiger partial charge >= 0.3 is 0 Å². The molecule has 4 nitrogen and oxygen atoms in total. The van der Waals surface area contributed by atoms with Crippen molar-refractivity contribution in [2.45, 2.75) is 25.9 Å². The third-order valence-corrected chi connectivity index (χ3v) is 4.35. The highest BCUT2D eigenvalue weighted by molar-refractivity contribution is 5.76. The minimum absolute atomic E-state index is 0.301. The van der Waals surface area contributed by atoms with Gasteiger partial charge in [0, 0.05) is 24.9 Å². The van der Waals surface area contributed by atoms with Crippen molar-refractivity contribution in [3.8, 4) is 11.3 Å². The van der Waals surface area contributed by atoms with Gasteiger partial charge in [0.05, 0.1) is 6.10 Å². The highest BCUT2D eigenvalue weighted by Gasteiger charge is 2.18. The van der Waals surface area contributed by atoms with E-state index in [1.165, 1.54) is 5.56 Å². The summed E-state index contributed by atoms with van der Waals surface area (Å²) >= 11 is 0. The van der Waals surface area contributed by atoms with E-state index in [9.17, 15) is 0 Å². The van der Waals surface area contributed by atoms with Crippen LogP contribution in [0.5, 0.6) is 0 Å². The Hall–Kier alpha value is -2.33. The smallest absolute Gasteiger partial charge is 0.139 e. The molecule has 4 rings (SSSR count). The summed E-state index contributed by atoms with van der Waals surface area (Å²) in [6.07, 6.45) is 4.67. The molecule has 1 fully saturated rings. The molecule has 0 spiro atoms. The van der Waals surface area contributed by atoms with Gasteiger partial charge in [-0.2, -0.15) is 0 Å². The van der Waals surface area contributed by atoms with E-state index in [2.05, 4.69) is 59.2 Å². The van der Waals surface area contributed by atoms with E-state index in [-0.39, 0.29) is 0 Å². The second-order valence-corrected chi connectivity index (χ2v) is 6.12. The third kappa shape index (κ3) is 2.82. The Morgan fingerprint density at radius 3 is 2.91 bits per heavy atom. The van der Waals surface area contributed by atoms with Crippen LogP contribution in [0.4, 0.5) is 5.82 Å². The maximum absolute atomic E-state index is 5.74. The zero-order chi connectivity index (χ0) is 15.6. The molecule has 1 aliphatic heterocycles. The van der Waals surface area contributed by atoms with Crippen molar-refractivity contribution in [3.05, 3.63) is 54.2 Å². The molecule has 3 heterocycles. The van der Waals surface area contributed by atoms with Crippen molar-refractivity contribution in [1.29, 1.82) is 0 Å². The van der Waals surface area contributed by atoms with Crippen LogP contribution in [-0.2, 0) is 4.74 Å². The summed E-state index contributed by atoms with van der Waals surface area (Å²) in [5.74, 6) is 1.04. The SMILES string of the molecule is Cc1ccn2c(NC[C@H]3CCCO3)c(-c3ccccc3)nc2c1. The van der Waals surface area contributed by atoms with E-state index < -0.39 is 0 Å². The molecule has 3 aromatic rings. The molecule has 1 aliphatic rings. The van der Waals surface area contributed by atoms with E-state index >= 15 is 0 Å². The van der Waals surface area contributed by atoms with Crippen molar-refractivity contribution in [2.24, 2.45) is 0 Å². The number of ether oxygens (including phenoxy) is 1. The Kier molecular flexibility index (Phi) is 3.75. The Labute approximate surface area is 136 Å². The average Bonchev–Trinajstić information content (AvgIpc) is 3.20. The minimum Gasteiger partial charge on any atom is -0.376 e. The molecular weight excluding hydrogens is 286 g/mol. The molecule has 0 amide bonds. The van der Waals surface area contributed by atoms with Gasteiger partial charge in [-0.1, -0.05) is 30.3 Å². The van der Waals surface area contributed by atoms with Crippen LogP contribution in [0.3, 0.4) is 0 Å². The second kappa shape index (κ2) is 6.05. The van der Waals surface area contributed by atoms with Crippen LogP contribution >= 0.6 is 0 Å². The van der Waals surface area contributed by atoms with E-state index in [1.807, 2.05) is 6.07 Å². The third-order valence-electron chi connectivity index (χ3n) is 4.35. The maximum Gasteiger partial charge on any atom is 0.139 e. The normalized spacial score (nSPS) is 17.7. The second-order valence-electron chi connectivity index (χ2n) is 6.12. The zero-order valence-electron chi connectivity index (χ0n) is 13.3. The number of benzene rings is 1. The number of rotatable bonds is 4. The summed E-state index contributed by atoms with van der Waals surface area (Å²) in [6.45, 7) is 3.79. The number of hydrogen-bond donors (Lipinski definition) is 1. The largest absolute Gasteiger partial charge is 0.376 e. The van der Waals surface area contributed by atoms with Gasteiger partial charge in [0.25, 0.3) is 0 Å².